The smallest absolute Gasteiger partial charge is 0.279 e. The summed E-state index contributed by atoms with van der Waals surface area (Å²) in [5, 5.41) is 3.09. The number of halogens is 2. The highest BCUT2D eigenvalue weighted by atomic mass is 32.2. The number of carbonyl (C=O) groups excluding carboxylic acids is 1. The first-order valence-electron chi connectivity index (χ1n) is 6.82. The van der Waals surface area contributed by atoms with Gasteiger partial charge in [-0.15, -0.1) is 0 Å². The number of rotatable bonds is 2. The van der Waals surface area contributed by atoms with Crippen LogP contribution in [-0.2, 0) is 11.8 Å². The van der Waals surface area contributed by atoms with Crippen LogP contribution in [0.2, 0.25) is 0 Å². The van der Waals surface area contributed by atoms with E-state index in [1.165, 1.54) is 17.8 Å². The summed E-state index contributed by atoms with van der Waals surface area (Å²) in [5.74, 6) is -2.32. The number of nitrogens with one attached hydrogen (secondary N) is 1. The van der Waals surface area contributed by atoms with Gasteiger partial charge >= 0.3 is 0 Å². The molecule has 1 atom stereocenters. The summed E-state index contributed by atoms with van der Waals surface area (Å²) in [5.41, 5.74) is -0.190. The van der Waals surface area contributed by atoms with Crippen molar-refractivity contribution in [3.63, 3.8) is 0 Å². The van der Waals surface area contributed by atoms with Crippen molar-refractivity contribution >= 4 is 23.5 Å². The first-order valence-corrected chi connectivity index (χ1v) is 8.04. The predicted octanol–water partition coefficient (Wildman–Crippen LogP) is 2.25. The molecule has 0 bridgehead atoms. The molecule has 0 saturated carbocycles. The molecule has 5 nitrogen and oxygen atoms in total. The molecule has 0 aliphatic carbocycles. The van der Waals surface area contributed by atoms with Crippen LogP contribution in [0.25, 0.3) is 0 Å². The topological polar surface area (TPSA) is 64.0 Å². The Morgan fingerprint density at radius 2 is 2.09 bits per heavy atom. The average Bonchev–Trinajstić information content (AvgIpc) is 2.50. The minimum Gasteiger partial charge on any atom is -0.312 e. The van der Waals surface area contributed by atoms with E-state index in [9.17, 15) is 18.4 Å². The zero-order chi connectivity index (χ0) is 16.7. The Bertz CT molecular complexity index is 867. The Labute approximate surface area is 134 Å². The Hall–Kier alpha value is -2.22. The second-order valence-corrected chi connectivity index (χ2v) is 5.97. The highest BCUT2D eigenvalue weighted by Crippen LogP contribution is 2.36. The van der Waals surface area contributed by atoms with Gasteiger partial charge in [0.1, 0.15) is 17.5 Å². The maximum atomic E-state index is 14.1. The van der Waals surface area contributed by atoms with E-state index in [1.807, 2.05) is 0 Å². The van der Waals surface area contributed by atoms with Crippen LogP contribution in [0.4, 0.5) is 14.6 Å². The summed E-state index contributed by atoms with van der Waals surface area (Å²) in [7, 11) is 1.67. The summed E-state index contributed by atoms with van der Waals surface area (Å²) in [6, 6.07) is 3.12. The third kappa shape index (κ3) is 2.63. The fourth-order valence-corrected chi connectivity index (χ4v) is 3.31. The number of nitrogens with zero attached hydrogens (tertiary/aromatic N) is 2. The highest BCUT2D eigenvalue weighted by Gasteiger charge is 2.33. The van der Waals surface area contributed by atoms with Gasteiger partial charge in [0.15, 0.2) is 5.16 Å². The molecule has 1 aromatic heterocycles. The molecule has 0 spiro atoms. The van der Waals surface area contributed by atoms with E-state index < -0.39 is 23.1 Å². The lowest BCUT2D eigenvalue weighted by molar-refractivity contribution is -0.116. The summed E-state index contributed by atoms with van der Waals surface area (Å²) < 4.78 is 28.8. The minimum atomic E-state index is -0.790. The number of fused-ring (bicyclic) bond motifs is 1. The van der Waals surface area contributed by atoms with Gasteiger partial charge in [-0.2, -0.15) is 4.98 Å². The molecule has 0 radical (unpaired) electrons. The molecule has 1 aromatic carbocycles. The van der Waals surface area contributed by atoms with Crippen LogP contribution < -0.4 is 10.9 Å². The Balaban J connectivity index is 2.25. The molecule has 0 fully saturated rings. The van der Waals surface area contributed by atoms with E-state index in [1.54, 1.807) is 17.9 Å². The van der Waals surface area contributed by atoms with Crippen LogP contribution in [-0.4, -0.2) is 21.7 Å². The summed E-state index contributed by atoms with van der Waals surface area (Å²) >= 11 is 1.26. The van der Waals surface area contributed by atoms with E-state index in [0.717, 1.165) is 12.1 Å². The van der Waals surface area contributed by atoms with Gasteiger partial charge in [-0.25, -0.2) is 8.78 Å². The van der Waals surface area contributed by atoms with Gasteiger partial charge in [0.25, 0.3) is 5.56 Å². The second kappa shape index (κ2) is 5.77. The third-order valence-corrected chi connectivity index (χ3v) is 4.55. The van der Waals surface area contributed by atoms with Crippen molar-refractivity contribution < 1.29 is 13.6 Å². The van der Waals surface area contributed by atoms with Crippen molar-refractivity contribution in [1.82, 2.24) is 9.55 Å². The molecular formula is C15H13F2N3O2S. The number of thioether (sulfide) groups is 1. The van der Waals surface area contributed by atoms with Crippen molar-refractivity contribution in [1.29, 1.82) is 0 Å². The van der Waals surface area contributed by atoms with Crippen LogP contribution in [0.15, 0.2) is 28.2 Å². The zero-order valence-electron chi connectivity index (χ0n) is 12.4. The number of hydrogen-bond donors (Lipinski definition) is 1. The normalized spacial score (nSPS) is 16.9. The summed E-state index contributed by atoms with van der Waals surface area (Å²) in [4.78, 5) is 28.4. The van der Waals surface area contributed by atoms with Crippen LogP contribution in [0.5, 0.6) is 0 Å². The van der Waals surface area contributed by atoms with Gasteiger partial charge in [-0.05, 0) is 17.9 Å². The maximum absolute atomic E-state index is 14.1. The molecule has 1 aliphatic heterocycles. The predicted molar refractivity (Wildman–Crippen MR) is 82.7 cm³/mol. The van der Waals surface area contributed by atoms with Gasteiger partial charge in [0.05, 0.1) is 5.56 Å². The quantitative estimate of drug-likeness (QED) is 0.674. The Morgan fingerprint density at radius 3 is 2.74 bits per heavy atom. The molecule has 1 amide bonds. The average molecular weight is 337 g/mol. The first kappa shape index (κ1) is 15.7. The van der Waals surface area contributed by atoms with Gasteiger partial charge in [0, 0.05) is 25.5 Å². The van der Waals surface area contributed by atoms with E-state index in [-0.39, 0.29) is 23.5 Å². The monoisotopic (exact) mass is 337 g/mol. The van der Waals surface area contributed by atoms with Crippen LogP contribution in [0.3, 0.4) is 0 Å². The van der Waals surface area contributed by atoms with Crippen molar-refractivity contribution in [2.75, 3.05) is 11.6 Å². The van der Waals surface area contributed by atoms with Crippen LogP contribution in [0, 0.1) is 11.6 Å². The number of aromatic nitrogens is 2. The van der Waals surface area contributed by atoms with E-state index in [0.29, 0.717) is 11.0 Å². The van der Waals surface area contributed by atoms with E-state index in [4.69, 9.17) is 0 Å². The number of anilines is 1. The molecule has 2 heterocycles. The van der Waals surface area contributed by atoms with Crippen molar-refractivity contribution in [3.8, 4) is 0 Å². The SMILES string of the molecule is CSc1nc(=O)c2c(n1C)NC(=O)CC2c1ccc(F)cc1F. The molecule has 8 heteroatoms. The van der Waals surface area contributed by atoms with Crippen molar-refractivity contribution in [3.05, 3.63) is 51.3 Å². The molecule has 1 unspecified atom stereocenters. The highest BCUT2D eigenvalue weighted by molar-refractivity contribution is 7.98. The lowest BCUT2D eigenvalue weighted by Crippen LogP contribution is -2.33. The number of amides is 1. The Morgan fingerprint density at radius 1 is 1.35 bits per heavy atom. The van der Waals surface area contributed by atoms with Crippen LogP contribution >= 0.6 is 11.8 Å². The fourth-order valence-electron chi connectivity index (χ4n) is 2.77. The first-order chi connectivity index (χ1) is 10.9. The van der Waals surface area contributed by atoms with Crippen LogP contribution in [0.1, 0.15) is 23.5 Å². The summed E-state index contributed by atoms with van der Waals surface area (Å²) in [6.45, 7) is 0. The largest absolute Gasteiger partial charge is 0.312 e. The molecule has 120 valence electrons. The van der Waals surface area contributed by atoms with Gasteiger partial charge < -0.3 is 9.88 Å². The Kier molecular flexibility index (Phi) is 3.93. The van der Waals surface area contributed by atoms with E-state index >= 15 is 0 Å². The summed E-state index contributed by atoms with van der Waals surface area (Å²) in [6.07, 6.45) is 1.67. The lowest BCUT2D eigenvalue weighted by Gasteiger charge is -2.27. The molecule has 1 aliphatic rings. The van der Waals surface area contributed by atoms with E-state index in [2.05, 4.69) is 10.3 Å². The standard InChI is InChI=1S/C15H13F2N3O2S/c1-20-13-12(14(22)19-15(20)23-2)9(6-11(21)18-13)8-4-3-7(16)5-10(8)17/h3-5,9H,6H2,1-2H3,(H,18,21). The second-order valence-electron chi connectivity index (χ2n) is 5.20. The number of hydrogen-bond acceptors (Lipinski definition) is 4. The molecular weight excluding hydrogens is 324 g/mol. The number of benzene rings is 1. The van der Waals surface area contributed by atoms with Crippen molar-refractivity contribution in [2.45, 2.75) is 17.5 Å². The lowest BCUT2D eigenvalue weighted by atomic mass is 9.86. The molecule has 23 heavy (non-hydrogen) atoms. The molecule has 1 N–H and O–H groups in total. The van der Waals surface area contributed by atoms with Gasteiger partial charge in [-0.1, -0.05) is 17.8 Å². The van der Waals surface area contributed by atoms with Crippen molar-refractivity contribution in [2.24, 2.45) is 7.05 Å². The third-order valence-electron chi connectivity index (χ3n) is 3.82. The zero-order valence-corrected chi connectivity index (χ0v) is 13.2. The molecule has 3 rings (SSSR count). The van der Waals surface area contributed by atoms with Gasteiger partial charge in [0.2, 0.25) is 5.91 Å². The molecule has 0 saturated heterocycles. The van der Waals surface area contributed by atoms with Gasteiger partial charge in [-0.3, -0.25) is 9.59 Å². The minimum absolute atomic E-state index is 0.0922. The maximum Gasteiger partial charge on any atom is 0.279 e. The fraction of sp³-hybridized carbons (Fsp3) is 0.267. The number of carbonyl (C=O) groups is 1. The molecule has 2 aromatic rings.